The summed E-state index contributed by atoms with van der Waals surface area (Å²) in [5.41, 5.74) is 1.60. The third-order valence-electron chi connectivity index (χ3n) is 7.84. The van der Waals surface area contributed by atoms with Crippen molar-refractivity contribution in [3.8, 4) is 5.75 Å². The fraction of sp³-hybridized carbons (Fsp3) is 0.243. The molecule has 298 valence electrons. The molecule has 0 aliphatic carbocycles. The second kappa shape index (κ2) is 19.4. The van der Waals surface area contributed by atoms with E-state index >= 15 is 0 Å². The predicted octanol–water partition coefficient (Wildman–Crippen LogP) is 5.03. The molecule has 6 N–H and O–H groups in total. The maximum Gasteiger partial charge on any atom is 0.475 e. The zero-order valence-corrected chi connectivity index (χ0v) is 31.5. The van der Waals surface area contributed by atoms with E-state index < -0.39 is 49.7 Å². The lowest BCUT2D eigenvalue weighted by atomic mass is 10.1. The molecule has 2 heterocycles. The molecule has 57 heavy (non-hydrogen) atoms. The molecule has 0 spiro atoms. The zero-order valence-electron chi connectivity index (χ0n) is 30.6. The number of carbonyl (C=O) groups is 4. The number of aliphatic carboxylic acids is 2. The molecule has 5 aromatic rings. The second-order valence-corrected chi connectivity index (χ2v) is 13.6. The largest absolute Gasteiger partial charge is 0.481 e. The Kier molecular flexibility index (Phi) is 14.1. The maximum absolute atomic E-state index is 13.2. The number of anilines is 3. The lowest BCUT2D eigenvalue weighted by Crippen LogP contribution is -2.41. The van der Waals surface area contributed by atoms with Crippen molar-refractivity contribution in [3.05, 3.63) is 112 Å². The summed E-state index contributed by atoms with van der Waals surface area (Å²) < 4.78 is 33.8. The lowest BCUT2D eigenvalue weighted by Gasteiger charge is -2.16. The van der Waals surface area contributed by atoms with Crippen LogP contribution in [0.15, 0.2) is 83.8 Å². The Balaban J connectivity index is 1.19. The van der Waals surface area contributed by atoms with E-state index in [1.54, 1.807) is 68.4 Å². The lowest BCUT2D eigenvalue weighted by molar-refractivity contribution is -0.140. The topological polar surface area (TPSA) is 270 Å². The second-order valence-electron chi connectivity index (χ2n) is 11.9. The van der Waals surface area contributed by atoms with Crippen LogP contribution in [-0.4, -0.2) is 73.2 Å². The van der Waals surface area contributed by atoms with Gasteiger partial charge in [0.25, 0.3) is 11.5 Å². The molecule has 5 rings (SSSR count). The Hall–Kier alpha value is -6.53. The number of rotatable bonds is 20. The van der Waals surface area contributed by atoms with Crippen molar-refractivity contribution in [1.82, 2.24) is 25.3 Å². The average Bonchev–Trinajstić information content (AvgIpc) is 3.19. The number of nitrogens with one attached hydrogen (secondary N) is 4. The number of phosphoric ester groups is 1. The van der Waals surface area contributed by atoms with Crippen LogP contribution in [0.1, 0.15) is 58.7 Å². The quantitative estimate of drug-likeness (QED) is 0.0342. The summed E-state index contributed by atoms with van der Waals surface area (Å²) in [6.07, 6.45) is 0.746. The van der Waals surface area contributed by atoms with Gasteiger partial charge in [0.2, 0.25) is 5.95 Å². The summed E-state index contributed by atoms with van der Waals surface area (Å²) >= 11 is 0. The number of para-hydroxylation sites is 1. The van der Waals surface area contributed by atoms with Gasteiger partial charge in [-0.2, -0.15) is 4.98 Å². The fourth-order valence-corrected chi connectivity index (χ4v) is 6.26. The molecule has 0 aliphatic rings. The van der Waals surface area contributed by atoms with Gasteiger partial charge in [0, 0.05) is 17.7 Å². The summed E-state index contributed by atoms with van der Waals surface area (Å²) in [5.74, 6) is -3.66. The minimum Gasteiger partial charge on any atom is -0.481 e. The zero-order chi connectivity index (χ0) is 41.0. The summed E-state index contributed by atoms with van der Waals surface area (Å²) in [6.45, 7) is 3.73. The number of hydrogen-bond donors (Lipinski definition) is 6. The van der Waals surface area contributed by atoms with E-state index in [0.29, 0.717) is 16.9 Å². The molecule has 20 heteroatoms. The minimum atomic E-state index is -3.70. The number of fused-ring (bicyclic) bond motifs is 1. The van der Waals surface area contributed by atoms with Crippen molar-refractivity contribution < 1.29 is 52.3 Å². The third kappa shape index (κ3) is 11.7. The van der Waals surface area contributed by atoms with E-state index in [0.717, 1.165) is 0 Å². The Bertz CT molecular complexity index is 2330. The first-order chi connectivity index (χ1) is 27.4. The first-order valence-electron chi connectivity index (χ1n) is 17.4. The van der Waals surface area contributed by atoms with Crippen molar-refractivity contribution in [2.24, 2.45) is 0 Å². The van der Waals surface area contributed by atoms with Crippen molar-refractivity contribution in [2.45, 2.75) is 45.9 Å². The Labute approximate surface area is 324 Å². The average molecular weight is 804 g/mol. The van der Waals surface area contributed by atoms with Crippen LogP contribution in [0.3, 0.4) is 0 Å². The Morgan fingerprint density at radius 3 is 2.26 bits per heavy atom. The van der Waals surface area contributed by atoms with E-state index in [2.05, 4.69) is 35.9 Å². The monoisotopic (exact) mass is 803 g/mol. The predicted molar refractivity (Wildman–Crippen MR) is 204 cm³/mol. The van der Waals surface area contributed by atoms with Crippen molar-refractivity contribution >= 4 is 60.1 Å². The number of amides is 1. The van der Waals surface area contributed by atoms with Gasteiger partial charge < -0.3 is 30.9 Å². The summed E-state index contributed by atoms with van der Waals surface area (Å²) in [5, 5.41) is 26.5. The number of aromatic amines is 1. The van der Waals surface area contributed by atoms with Gasteiger partial charge >= 0.3 is 25.7 Å². The molecular weight excluding hydrogens is 765 g/mol. The smallest absolute Gasteiger partial charge is 0.475 e. The number of benzene rings is 3. The number of hydrogen-bond acceptors (Lipinski definition) is 15. The molecular formula is C37H38N7O12P. The number of carbonyl (C=O) groups excluding carboxylic acids is 2. The molecule has 1 atom stereocenters. The molecule has 0 saturated carbocycles. The summed E-state index contributed by atoms with van der Waals surface area (Å²) in [6, 6.07) is 17.6. The number of H-pyrrole nitrogens is 1. The van der Waals surface area contributed by atoms with Crippen LogP contribution >= 0.6 is 7.82 Å². The van der Waals surface area contributed by atoms with Crippen LogP contribution in [0.2, 0.25) is 0 Å². The van der Waals surface area contributed by atoms with E-state index in [1.807, 2.05) is 0 Å². The number of nitrogens with zero attached hydrogens (tertiary/aromatic N) is 3. The van der Waals surface area contributed by atoms with Gasteiger partial charge in [-0.3, -0.25) is 32.9 Å². The molecule has 2 aromatic heterocycles. The number of esters is 1. The van der Waals surface area contributed by atoms with E-state index in [-0.39, 0.29) is 72.5 Å². The number of ether oxygens (including phenoxy) is 1. The van der Waals surface area contributed by atoms with Gasteiger partial charge in [-0.15, -0.1) is 0 Å². The first-order valence-corrected chi connectivity index (χ1v) is 18.9. The highest BCUT2D eigenvalue weighted by Crippen LogP contribution is 2.49. The molecule has 0 saturated heterocycles. The van der Waals surface area contributed by atoms with Crippen LogP contribution in [0.25, 0.3) is 11.2 Å². The van der Waals surface area contributed by atoms with Crippen LogP contribution < -0.4 is 26.2 Å². The summed E-state index contributed by atoms with van der Waals surface area (Å²) in [7, 11) is -3.70. The van der Waals surface area contributed by atoms with E-state index in [4.69, 9.17) is 23.4 Å². The molecule has 0 radical (unpaired) electrons. The van der Waals surface area contributed by atoms with Gasteiger partial charge in [0.15, 0.2) is 11.2 Å². The molecule has 3 aromatic carbocycles. The van der Waals surface area contributed by atoms with Crippen molar-refractivity contribution in [2.75, 3.05) is 23.8 Å². The van der Waals surface area contributed by atoms with Crippen LogP contribution in [0.5, 0.6) is 5.75 Å². The highest BCUT2D eigenvalue weighted by atomic mass is 31.2. The molecule has 0 bridgehead atoms. The fourth-order valence-electron chi connectivity index (χ4n) is 5.09. The van der Waals surface area contributed by atoms with E-state index in [9.17, 15) is 33.6 Å². The molecule has 0 fully saturated rings. The maximum atomic E-state index is 13.2. The molecule has 19 nitrogen and oxygen atoms in total. The van der Waals surface area contributed by atoms with E-state index in [1.165, 1.54) is 24.4 Å². The van der Waals surface area contributed by atoms with Gasteiger partial charge in [-0.1, -0.05) is 24.3 Å². The standard InChI is InChI=1S/C37H38N7O12P/c1-3-53-57(52,54-4-2)55-21-22-9-15-26(16-10-22)56-36(51)27-7-5-6-8-28(27)42-37-43-32-31(34(48)44-37)40-25(20-39-32)19-38-24-13-11-23(12-14-24)33(47)41-29(35(49)50)17-18-30(45)46/h5-16,20,29,38H,3-4,17-19,21H2,1-2H3,(H,41,47)(H,45,46)(H,49,50)(H2,39,42,43,44,48)/t29-/m0/s1. The van der Waals surface area contributed by atoms with Gasteiger partial charge in [-0.25, -0.2) is 24.1 Å². The molecule has 0 unspecified atom stereocenters. The number of aromatic nitrogens is 4. The number of phosphoric acid groups is 1. The SMILES string of the molecule is CCOP(=O)(OCC)OCc1ccc(OC(=O)c2ccccc2Nc2nc3ncc(CNc4ccc(C(=O)N[C@@H](CCC(=O)O)C(=O)O)cc4)nc3c(=O)[nH]2)cc1. The van der Waals surface area contributed by atoms with Crippen molar-refractivity contribution in [1.29, 1.82) is 0 Å². The first kappa shape index (κ1) is 41.6. The highest BCUT2D eigenvalue weighted by molar-refractivity contribution is 7.48. The van der Waals surface area contributed by atoms with Crippen LogP contribution in [0, 0.1) is 0 Å². The number of carboxylic acid groups (broad SMARTS) is 2. The van der Waals surface area contributed by atoms with Gasteiger partial charge in [0.05, 0.1) is 49.5 Å². The third-order valence-corrected chi connectivity index (χ3v) is 9.43. The van der Waals surface area contributed by atoms with Crippen LogP contribution in [-0.2, 0) is 40.9 Å². The highest BCUT2D eigenvalue weighted by Gasteiger charge is 2.25. The van der Waals surface area contributed by atoms with Crippen molar-refractivity contribution in [3.63, 3.8) is 0 Å². The Morgan fingerprint density at radius 2 is 1.60 bits per heavy atom. The van der Waals surface area contributed by atoms with Crippen LogP contribution in [0.4, 0.5) is 17.3 Å². The summed E-state index contributed by atoms with van der Waals surface area (Å²) in [4.78, 5) is 76.6. The van der Waals surface area contributed by atoms with Gasteiger partial charge in [-0.05, 0) is 74.4 Å². The van der Waals surface area contributed by atoms with Gasteiger partial charge in [0.1, 0.15) is 11.8 Å². The normalized spacial score (nSPS) is 11.8. The number of carboxylic acids is 2. The molecule has 1 amide bonds. The Morgan fingerprint density at radius 1 is 0.895 bits per heavy atom. The minimum absolute atomic E-state index is 0.00522. The molecule has 0 aliphatic heterocycles.